The summed E-state index contributed by atoms with van der Waals surface area (Å²) in [5.74, 6) is 1.50. The largest absolute Gasteiger partial charge is 0.455 e. The van der Waals surface area contributed by atoms with Crippen molar-refractivity contribution in [2.45, 2.75) is 23.3 Å². The van der Waals surface area contributed by atoms with Crippen molar-refractivity contribution < 1.29 is 22.3 Å². The third-order valence-corrected chi connectivity index (χ3v) is 7.14. The van der Waals surface area contributed by atoms with Crippen LogP contribution in [0.25, 0.3) is 22.6 Å². The summed E-state index contributed by atoms with van der Waals surface area (Å²) in [6, 6.07) is 23.2. The summed E-state index contributed by atoms with van der Waals surface area (Å²) in [6.07, 6.45) is -5.28. The number of aromatic nitrogens is 3. The van der Waals surface area contributed by atoms with Crippen molar-refractivity contribution in [3.8, 4) is 28.5 Å². The van der Waals surface area contributed by atoms with Crippen molar-refractivity contribution in [1.29, 1.82) is 0 Å². The molecule has 0 amide bonds. The molecule has 1 N–H and O–H groups in total. The lowest BCUT2D eigenvalue weighted by Gasteiger charge is -2.16. The van der Waals surface area contributed by atoms with Crippen LogP contribution in [0, 0.1) is 0 Å². The fourth-order valence-electron chi connectivity index (χ4n) is 4.06. The first-order chi connectivity index (χ1) is 18.8. The van der Waals surface area contributed by atoms with E-state index in [1.54, 1.807) is 18.2 Å². The predicted molar refractivity (Wildman–Crippen MR) is 142 cm³/mol. The molecule has 2 aromatic heterocycles. The molecule has 0 unspecified atom stereocenters. The molecule has 196 valence electrons. The molecule has 11 heteroatoms. The number of furan rings is 1. The number of thioether (sulfide) groups is 1. The normalized spacial score (nSPS) is 14.5. The quantitative estimate of drug-likeness (QED) is 0.215. The Kier molecular flexibility index (Phi) is 6.66. The highest BCUT2D eigenvalue weighted by Crippen LogP contribution is 2.41. The van der Waals surface area contributed by atoms with Crippen molar-refractivity contribution in [3.63, 3.8) is 0 Å². The number of halogens is 4. The van der Waals surface area contributed by atoms with Crippen LogP contribution in [0.1, 0.15) is 23.1 Å². The Morgan fingerprint density at radius 3 is 2.56 bits per heavy atom. The summed E-state index contributed by atoms with van der Waals surface area (Å²) in [6.45, 7) is 0. The van der Waals surface area contributed by atoms with Crippen molar-refractivity contribution in [2.24, 2.45) is 0 Å². The van der Waals surface area contributed by atoms with Crippen LogP contribution in [-0.2, 0) is 11.9 Å². The molecule has 3 heterocycles. The van der Waals surface area contributed by atoms with Crippen LogP contribution in [0.4, 0.5) is 18.9 Å². The Morgan fingerprint density at radius 2 is 1.74 bits per heavy atom. The van der Waals surface area contributed by atoms with Crippen LogP contribution >= 0.6 is 23.4 Å². The highest BCUT2D eigenvalue weighted by Gasteiger charge is 2.31. The van der Waals surface area contributed by atoms with E-state index in [-0.39, 0.29) is 11.6 Å². The average molecular weight is 567 g/mol. The minimum atomic E-state index is -4.46. The van der Waals surface area contributed by atoms with Gasteiger partial charge < -0.3 is 14.5 Å². The maximum atomic E-state index is 13.2. The van der Waals surface area contributed by atoms with E-state index in [0.29, 0.717) is 32.9 Å². The van der Waals surface area contributed by atoms with Crippen molar-refractivity contribution in [3.05, 3.63) is 107 Å². The highest BCUT2D eigenvalue weighted by molar-refractivity contribution is 7.98. The number of nitrogens with one attached hydrogen (secondary N) is 1. The van der Waals surface area contributed by atoms with E-state index in [4.69, 9.17) is 20.8 Å². The molecule has 0 saturated carbocycles. The maximum Gasteiger partial charge on any atom is 0.416 e. The fourth-order valence-corrected chi connectivity index (χ4v) is 4.92. The van der Waals surface area contributed by atoms with Gasteiger partial charge in [-0.3, -0.25) is 0 Å². The third-order valence-electron chi connectivity index (χ3n) is 5.97. The van der Waals surface area contributed by atoms with Gasteiger partial charge in [-0.2, -0.15) is 18.2 Å². The van der Waals surface area contributed by atoms with Crippen LogP contribution in [-0.4, -0.2) is 15.2 Å². The molecule has 1 aliphatic heterocycles. The van der Waals surface area contributed by atoms with Crippen LogP contribution in [0.3, 0.4) is 0 Å². The molecule has 0 spiro atoms. The second-order valence-electron chi connectivity index (χ2n) is 8.63. The van der Waals surface area contributed by atoms with E-state index in [9.17, 15) is 13.2 Å². The molecule has 39 heavy (non-hydrogen) atoms. The number of hydrogen-bond acceptors (Lipinski definition) is 7. The van der Waals surface area contributed by atoms with Crippen molar-refractivity contribution in [2.75, 3.05) is 5.32 Å². The van der Waals surface area contributed by atoms with Crippen molar-refractivity contribution >= 4 is 29.1 Å². The highest BCUT2D eigenvalue weighted by atomic mass is 35.5. The van der Waals surface area contributed by atoms with Gasteiger partial charge in [0.05, 0.1) is 5.56 Å². The van der Waals surface area contributed by atoms with E-state index in [0.717, 1.165) is 28.9 Å². The van der Waals surface area contributed by atoms with Gasteiger partial charge in [-0.1, -0.05) is 65.8 Å². The molecule has 6 rings (SSSR count). The molecular formula is C28H18ClF3N4O2S. The summed E-state index contributed by atoms with van der Waals surface area (Å²) >= 11 is 7.37. The molecular weight excluding hydrogens is 549 g/mol. The molecule has 5 aromatic rings. The summed E-state index contributed by atoms with van der Waals surface area (Å²) in [5.41, 5.74) is 2.52. The molecule has 3 aromatic carbocycles. The van der Waals surface area contributed by atoms with Gasteiger partial charge in [0.1, 0.15) is 5.76 Å². The Balaban J connectivity index is 1.31. The van der Waals surface area contributed by atoms with Crippen LogP contribution in [0.15, 0.2) is 94.5 Å². The third kappa shape index (κ3) is 5.43. The number of para-hydroxylation sites is 1. The van der Waals surface area contributed by atoms with Gasteiger partial charge in [-0.25, -0.2) is 0 Å². The zero-order valence-corrected chi connectivity index (χ0v) is 21.5. The van der Waals surface area contributed by atoms with E-state index < -0.39 is 18.0 Å². The summed E-state index contributed by atoms with van der Waals surface area (Å²) in [5, 5.41) is 13.1. The van der Waals surface area contributed by atoms with Gasteiger partial charge >= 0.3 is 6.18 Å². The fraction of sp³-hybridized carbons (Fsp3) is 0.107. The number of fused-ring (bicyclic) bond motifs is 3. The standard InChI is InChI=1S/C28H18ClF3N4O2S/c29-19-10-8-16(9-11-19)15-39-27-34-26-24(35-36-27)20-6-1-2-7-21(20)33-25(38-26)23-13-12-22(37-23)17-4-3-5-18(14-17)28(30,31)32/h1-14,25,33H,15H2/t25-/m1/s1. The van der Waals surface area contributed by atoms with Gasteiger partial charge in [0.2, 0.25) is 17.3 Å². The van der Waals surface area contributed by atoms with E-state index in [2.05, 4.69) is 20.5 Å². The van der Waals surface area contributed by atoms with Gasteiger partial charge in [-0.15, -0.1) is 10.2 Å². The Morgan fingerprint density at radius 1 is 0.923 bits per heavy atom. The summed E-state index contributed by atoms with van der Waals surface area (Å²) in [7, 11) is 0. The second kappa shape index (κ2) is 10.3. The smallest absolute Gasteiger partial charge is 0.416 e. The van der Waals surface area contributed by atoms with E-state index in [1.807, 2.05) is 48.5 Å². The first kappa shape index (κ1) is 25.3. The SMILES string of the molecule is FC(F)(F)c1cccc(-c2ccc([C@@H]3Nc4ccccc4-c4nnc(SCc5ccc(Cl)cc5)nc4O3)o2)c1. The molecule has 1 aliphatic rings. The molecule has 0 saturated heterocycles. The van der Waals surface area contributed by atoms with E-state index >= 15 is 0 Å². The molecule has 0 fully saturated rings. The Hall–Kier alpha value is -4.02. The van der Waals surface area contributed by atoms with Gasteiger partial charge in [0.15, 0.2) is 11.5 Å². The van der Waals surface area contributed by atoms with Gasteiger partial charge in [0.25, 0.3) is 0 Å². The molecule has 0 radical (unpaired) electrons. The van der Waals surface area contributed by atoms with Gasteiger partial charge in [-0.05, 0) is 48.0 Å². The number of benzene rings is 3. The Labute approximate surface area is 230 Å². The van der Waals surface area contributed by atoms with E-state index in [1.165, 1.54) is 17.8 Å². The number of anilines is 1. The molecule has 6 nitrogen and oxygen atoms in total. The molecule has 1 atom stereocenters. The zero-order valence-electron chi connectivity index (χ0n) is 19.9. The maximum absolute atomic E-state index is 13.2. The summed E-state index contributed by atoms with van der Waals surface area (Å²) in [4.78, 5) is 4.62. The average Bonchev–Trinajstić information content (AvgIpc) is 3.37. The Bertz CT molecular complexity index is 1640. The van der Waals surface area contributed by atoms with Crippen molar-refractivity contribution in [1.82, 2.24) is 15.2 Å². The first-order valence-corrected chi connectivity index (χ1v) is 13.1. The summed E-state index contributed by atoms with van der Waals surface area (Å²) < 4.78 is 51.9. The number of rotatable bonds is 5. The minimum absolute atomic E-state index is 0.253. The number of hydrogen-bond donors (Lipinski definition) is 1. The van der Waals surface area contributed by atoms with Crippen LogP contribution in [0.5, 0.6) is 5.88 Å². The topological polar surface area (TPSA) is 73.1 Å². The lowest BCUT2D eigenvalue weighted by Crippen LogP contribution is -2.16. The first-order valence-electron chi connectivity index (χ1n) is 11.8. The molecule has 0 bridgehead atoms. The predicted octanol–water partition coefficient (Wildman–Crippen LogP) is 8.27. The lowest BCUT2D eigenvalue weighted by atomic mass is 10.1. The van der Waals surface area contributed by atoms with Crippen LogP contribution in [0.2, 0.25) is 5.02 Å². The second-order valence-corrected chi connectivity index (χ2v) is 10.0. The number of ether oxygens (including phenoxy) is 1. The van der Waals surface area contributed by atoms with Gasteiger partial charge in [0, 0.05) is 27.6 Å². The van der Waals surface area contributed by atoms with Crippen LogP contribution < -0.4 is 10.1 Å². The number of nitrogens with zero attached hydrogens (tertiary/aromatic N) is 3. The monoisotopic (exact) mass is 566 g/mol. The minimum Gasteiger partial charge on any atom is -0.455 e. The number of alkyl halides is 3. The lowest BCUT2D eigenvalue weighted by molar-refractivity contribution is -0.137. The molecule has 0 aliphatic carbocycles. The zero-order chi connectivity index (χ0) is 27.0.